The second kappa shape index (κ2) is 4.85. The normalized spacial score (nSPS) is 14.4. The van der Waals surface area contributed by atoms with Crippen molar-refractivity contribution in [2.45, 2.75) is 19.3 Å². The van der Waals surface area contributed by atoms with Crippen LogP contribution in [0.15, 0.2) is 60.7 Å². The summed E-state index contributed by atoms with van der Waals surface area (Å²) >= 11 is 0. The molecule has 0 heterocycles. The van der Waals surface area contributed by atoms with Crippen molar-refractivity contribution in [3.8, 4) is 0 Å². The molecule has 0 unspecified atom stereocenters. The Labute approximate surface area is 113 Å². The first-order chi connectivity index (χ1) is 9.31. The van der Waals surface area contributed by atoms with Crippen LogP contribution in [0.1, 0.15) is 35.2 Å². The highest BCUT2D eigenvalue weighted by Crippen LogP contribution is 2.32. The fourth-order valence-electron chi connectivity index (χ4n) is 2.69. The van der Waals surface area contributed by atoms with Crippen molar-refractivity contribution in [3.05, 3.63) is 71.8 Å². The summed E-state index contributed by atoms with van der Waals surface area (Å²) in [4.78, 5) is 12.4. The van der Waals surface area contributed by atoms with Crippen LogP contribution < -0.4 is 0 Å². The molecule has 1 nitrogen and oxygen atoms in total. The third kappa shape index (κ3) is 2.01. The van der Waals surface area contributed by atoms with Crippen LogP contribution in [-0.2, 0) is 0 Å². The van der Waals surface area contributed by atoms with Gasteiger partial charge in [0.1, 0.15) is 0 Å². The Morgan fingerprint density at radius 2 is 1.79 bits per heavy atom. The lowest BCUT2D eigenvalue weighted by atomic mass is 9.88. The average Bonchev–Trinajstić information content (AvgIpc) is 2.99. The Bertz CT molecular complexity index is 680. The maximum atomic E-state index is 12.4. The number of benzene rings is 2. The largest absolute Gasteiger partial charge is 0.294 e. The first kappa shape index (κ1) is 11.9. The molecule has 0 aromatic heterocycles. The van der Waals surface area contributed by atoms with Crippen molar-refractivity contribution in [1.82, 2.24) is 0 Å². The molecule has 1 heteroatoms. The van der Waals surface area contributed by atoms with Crippen molar-refractivity contribution in [3.63, 3.8) is 0 Å². The minimum atomic E-state index is 0.223. The molecule has 94 valence electrons. The molecule has 1 aliphatic rings. The van der Waals surface area contributed by atoms with Gasteiger partial charge in [-0.3, -0.25) is 4.79 Å². The number of Topliss-reactive ketones (excluding diaryl/α,β-unsaturated/α-hetero) is 1. The average molecular weight is 248 g/mol. The van der Waals surface area contributed by atoms with Gasteiger partial charge >= 0.3 is 0 Å². The summed E-state index contributed by atoms with van der Waals surface area (Å²) in [6.07, 6.45) is 8.90. The highest BCUT2D eigenvalue weighted by atomic mass is 16.1. The summed E-state index contributed by atoms with van der Waals surface area (Å²) in [5.41, 5.74) is 2.01. The van der Waals surface area contributed by atoms with Gasteiger partial charge in [-0.1, -0.05) is 67.6 Å². The molecule has 3 rings (SSSR count). The molecule has 0 spiro atoms. The lowest BCUT2D eigenvalue weighted by Gasteiger charge is -2.14. The quantitative estimate of drug-likeness (QED) is 0.723. The molecule has 0 atom stereocenters. The van der Waals surface area contributed by atoms with Gasteiger partial charge in [0.2, 0.25) is 0 Å². The molecule has 2 aromatic rings. The van der Waals surface area contributed by atoms with Crippen LogP contribution in [0.3, 0.4) is 0 Å². The van der Waals surface area contributed by atoms with E-state index in [0.29, 0.717) is 6.42 Å². The van der Waals surface area contributed by atoms with Gasteiger partial charge in [-0.05, 0) is 16.3 Å². The third-order valence-electron chi connectivity index (χ3n) is 3.67. The maximum Gasteiger partial charge on any atom is 0.163 e. The van der Waals surface area contributed by atoms with Crippen molar-refractivity contribution in [2.75, 3.05) is 0 Å². The van der Waals surface area contributed by atoms with E-state index in [9.17, 15) is 4.79 Å². The van der Waals surface area contributed by atoms with E-state index in [4.69, 9.17) is 0 Å². The van der Waals surface area contributed by atoms with E-state index in [-0.39, 0.29) is 11.7 Å². The van der Waals surface area contributed by atoms with E-state index in [1.165, 1.54) is 0 Å². The van der Waals surface area contributed by atoms with Gasteiger partial charge in [0.15, 0.2) is 5.78 Å². The summed E-state index contributed by atoms with van der Waals surface area (Å²) in [6.45, 7) is 1.92. The second-order valence-electron chi connectivity index (χ2n) is 4.82. The fraction of sp³-hybridized carbons (Fsp3) is 0.167. The third-order valence-corrected chi connectivity index (χ3v) is 3.67. The summed E-state index contributed by atoms with van der Waals surface area (Å²) in [7, 11) is 0. The summed E-state index contributed by atoms with van der Waals surface area (Å²) in [5.74, 6) is 0.454. The van der Waals surface area contributed by atoms with Crippen LogP contribution in [0.4, 0.5) is 0 Å². The molecule has 0 saturated carbocycles. The van der Waals surface area contributed by atoms with Gasteiger partial charge < -0.3 is 0 Å². The van der Waals surface area contributed by atoms with Gasteiger partial charge in [-0.25, -0.2) is 0 Å². The molecule has 0 radical (unpaired) electrons. The van der Waals surface area contributed by atoms with Crippen molar-refractivity contribution in [1.29, 1.82) is 0 Å². The first-order valence-electron chi connectivity index (χ1n) is 6.71. The molecule has 1 aliphatic carbocycles. The van der Waals surface area contributed by atoms with E-state index in [0.717, 1.165) is 21.9 Å². The molecule has 0 bridgehead atoms. The molecule has 0 saturated heterocycles. The first-order valence-corrected chi connectivity index (χ1v) is 6.71. The lowest BCUT2D eigenvalue weighted by Crippen LogP contribution is -2.05. The van der Waals surface area contributed by atoms with Crippen molar-refractivity contribution < 1.29 is 4.79 Å². The Morgan fingerprint density at radius 3 is 2.53 bits per heavy atom. The SMILES string of the molecule is CCC(=O)c1c(C2C=CC=C2)ccc2ccccc12. The van der Waals surface area contributed by atoms with E-state index in [1.54, 1.807) is 0 Å². The van der Waals surface area contributed by atoms with Gasteiger partial charge in [-0.2, -0.15) is 0 Å². The monoisotopic (exact) mass is 248 g/mol. The predicted molar refractivity (Wildman–Crippen MR) is 79.6 cm³/mol. The molecule has 19 heavy (non-hydrogen) atoms. The number of ketones is 1. The zero-order valence-electron chi connectivity index (χ0n) is 11.0. The Morgan fingerprint density at radius 1 is 1.05 bits per heavy atom. The zero-order valence-corrected chi connectivity index (χ0v) is 11.0. The highest BCUT2D eigenvalue weighted by molar-refractivity contribution is 6.09. The number of carbonyl (C=O) groups is 1. The Hall–Kier alpha value is -2.15. The summed E-state index contributed by atoms with van der Waals surface area (Å²) < 4.78 is 0. The van der Waals surface area contributed by atoms with Gasteiger partial charge in [0.05, 0.1) is 0 Å². The van der Waals surface area contributed by atoms with Gasteiger partial charge in [-0.15, -0.1) is 0 Å². The van der Waals surface area contributed by atoms with Crippen molar-refractivity contribution in [2.24, 2.45) is 0 Å². The molecular weight excluding hydrogens is 232 g/mol. The summed E-state index contributed by atoms with van der Waals surface area (Å²) in [6, 6.07) is 12.3. The van der Waals surface area contributed by atoms with Gasteiger partial charge in [0, 0.05) is 17.9 Å². The van der Waals surface area contributed by atoms with Crippen LogP contribution in [-0.4, -0.2) is 5.78 Å². The Balaban J connectivity index is 2.29. The van der Waals surface area contributed by atoms with Crippen LogP contribution in [0.25, 0.3) is 10.8 Å². The fourth-order valence-corrected chi connectivity index (χ4v) is 2.69. The smallest absolute Gasteiger partial charge is 0.163 e. The zero-order chi connectivity index (χ0) is 13.2. The highest BCUT2D eigenvalue weighted by Gasteiger charge is 2.18. The molecular formula is C18H16O. The van der Waals surface area contributed by atoms with E-state index in [2.05, 4.69) is 30.4 Å². The number of hydrogen-bond donors (Lipinski definition) is 0. The van der Waals surface area contributed by atoms with E-state index < -0.39 is 0 Å². The molecule has 2 aromatic carbocycles. The maximum absolute atomic E-state index is 12.4. The molecule has 0 N–H and O–H groups in total. The number of fused-ring (bicyclic) bond motifs is 1. The lowest BCUT2D eigenvalue weighted by molar-refractivity contribution is 0.0989. The number of hydrogen-bond acceptors (Lipinski definition) is 1. The van der Waals surface area contributed by atoms with Crippen LogP contribution >= 0.6 is 0 Å². The predicted octanol–water partition coefficient (Wildman–Crippen LogP) is 4.64. The van der Waals surface area contributed by atoms with Crippen molar-refractivity contribution >= 4 is 16.6 Å². The van der Waals surface area contributed by atoms with E-state index >= 15 is 0 Å². The topological polar surface area (TPSA) is 17.1 Å². The van der Waals surface area contributed by atoms with Crippen LogP contribution in [0.2, 0.25) is 0 Å². The Kier molecular flexibility index (Phi) is 3.04. The number of allylic oxidation sites excluding steroid dienone is 4. The van der Waals surface area contributed by atoms with Crippen LogP contribution in [0, 0.1) is 0 Å². The number of rotatable bonds is 3. The van der Waals surface area contributed by atoms with Gasteiger partial charge in [0.25, 0.3) is 0 Å². The molecule has 0 amide bonds. The number of carbonyl (C=O) groups excluding carboxylic acids is 1. The molecule has 0 fully saturated rings. The minimum Gasteiger partial charge on any atom is -0.294 e. The standard InChI is InChI=1S/C18H16O/c1-2-17(19)18-15-10-6-5-9-14(15)11-12-16(18)13-7-3-4-8-13/h3-13H,2H2,1H3. The molecule has 0 aliphatic heterocycles. The van der Waals surface area contributed by atoms with Crippen LogP contribution in [0.5, 0.6) is 0 Å². The minimum absolute atomic E-state index is 0.223. The summed E-state index contributed by atoms with van der Waals surface area (Å²) in [5, 5.41) is 2.20. The second-order valence-corrected chi connectivity index (χ2v) is 4.82. The van der Waals surface area contributed by atoms with E-state index in [1.807, 2.05) is 37.3 Å².